The highest BCUT2D eigenvalue weighted by molar-refractivity contribution is 7.90. The van der Waals surface area contributed by atoms with Crippen LogP contribution in [0.1, 0.15) is 23.2 Å². The zero-order chi connectivity index (χ0) is 19.6. The van der Waals surface area contributed by atoms with Crippen molar-refractivity contribution in [3.63, 3.8) is 0 Å². The van der Waals surface area contributed by atoms with Gasteiger partial charge in [0.15, 0.2) is 0 Å². The summed E-state index contributed by atoms with van der Waals surface area (Å²) in [4.78, 5) is 20.1. The summed E-state index contributed by atoms with van der Waals surface area (Å²) < 4.78 is 27.7. The highest BCUT2D eigenvalue weighted by atomic mass is 32.2. The summed E-state index contributed by atoms with van der Waals surface area (Å²) in [6, 6.07) is 15.2. The van der Waals surface area contributed by atoms with Gasteiger partial charge in [-0.2, -0.15) is 13.1 Å². The zero-order valence-electron chi connectivity index (χ0n) is 15.0. The van der Waals surface area contributed by atoms with Gasteiger partial charge in [0.1, 0.15) is 4.90 Å². The maximum atomic E-state index is 12.7. The molecule has 0 saturated carbocycles. The molecule has 0 spiro atoms. The van der Waals surface area contributed by atoms with Gasteiger partial charge in [-0.3, -0.25) is 14.8 Å². The van der Waals surface area contributed by atoms with Gasteiger partial charge in [0.05, 0.1) is 24.0 Å². The number of para-hydroxylation sites is 1. The Hall–Kier alpha value is -3.26. The van der Waals surface area contributed by atoms with Gasteiger partial charge in [0.2, 0.25) is 0 Å². The van der Waals surface area contributed by atoms with Crippen molar-refractivity contribution in [1.82, 2.24) is 9.71 Å². The van der Waals surface area contributed by atoms with E-state index in [1.165, 1.54) is 12.1 Å². The van der Waals surface area contributed by atoms with Crippen LogP contribution in [0.15, 0.2) is 65.7 Å². The van der Waals surface area contributed by atoms with Crippen LogP contribution in [0.2, 0.25) is 0 Å². The molecule has 2 aromatic carbocycles. The van der Waals surface area contributed by atoms with E-state index >= 15 is 0 Å². The maximum Gasteiger partial charge on any atom is 0.328 e. The van der Waals surface area contributed by atoms with E-state index in [1.54, 1.807) is 30.5 Å². The molecule has 0 bridgehead atoms. The number of anilines is 1. The highest BCUT2D eigenvalue weighted by Gasteiger charge is 2.24. The number of carbonyl (C=O) groups excluding carboxylic acids is 1. The minimum absolute atomic E-state index is 0.0857. The van der Waals surface area contributed by atoms with Crippen molar-refractivity contribution in [2.75, 3.05) is 11.9 Å². The van der Waals surface area contributed by atoms with Crippen molar-refractivity contribution < 1.29 is 18.2 Å². The topological polar surface area (TPSA) is 102 Å². The van der Waals surface area contributed by atoms with E-state index in [-0.39, 0.29) is 10.8 Å². The lowest BCUT2D eigenvalue weighted by molar-refractivity contribution is -0.448. The number of fused-ring (bicyclic) bond motifs is 1. The number of aromatic nitrogens is 1. The fraction of sp³-hybridized carbons (Fsp3) is 0.150. The fourth-order valence-electron chi connectivity index (χ4n) is 3.13. The van der Waals surface area contributed by atoms with Crippen LogP contribution in [0, 0.1) is 0 Å². The number of rotatable bonds is 4. The Bertz CT molecular complexity index is 1180. The molecule has 3 N–H and O–H groups in total. The van der Waals surface area contributed by atoms with Crippen LogP contribution in [-0.4, -0.2) is 31.7 Å². The number of amidine groups is 1. The minimum Gasteiger partial charge on any atom is -0.322 e. The SMILES string of the molecule is O=C(Nc1cccc(S(=O)(=O)NC2=[NH+]CCC2)c1)c1cccc2cccnc12. The van der Waals surface area contributed by atoms with Crippen LogP contribution in [0.25, 0.3) is 10.9 Å². The zero-order valence-corrected chi connectivity index (χ0v) is 15.8. The van der Waals surface area contributed by atoms with Gasteiger partial charge in [-0.1, -0.05) is 24.3 Å². The monoisotopic (exact) mass is 395 g/mol. The molecule has 0 fully saturated rings. The first-order chi connectivity index (χ1) is 13.5. The molecule has 3 aromatic rings. The van der Waals surface area contributed by atoms with Gasteiger partial charge in [0.25, 0.3) is 11.7 Å². The molecule has 0 aliphatic carbocycles. The van der Waals surface area contributed by atoms with Crippen molar-refractivity contribution in [1.29, 1.82) is 0 Å². The van der Waals surface area contributed by atoms with Gasteiger partial charge >= 0.3 is 10.0 Å². The third-order valence-electron chi connectivity index (χ3n) is 4.48. The van der Waals surface area contributed by atoms with E-state index < -0.39 is 10.0 Å². The Kier molecular flexibility index (Phi) is 4.79. The summed E-state index contributed by atoms with van der Waals surface area (Å²) in [5.41, 5.74) is 1.41. The Labute approximate surface area is 162 Å². The molecule has 0 unspecified atom stereocenters. The van der Waals surface area contributed by atoms with Crippen molar-refractivity contribution in [3.05, 3.63) is 66.4 Å². The van der Waals surface area contributed by atoms with Gasteiger partial charge < -0.3 is 5.32 Å². The molecule has 1 amide bonds. The molecule has 0 radical (unpaired) electrons. The van der Waals surface area contributed by atoms with E-state index in [1.807, 2.05) is 18.2 Å². The molecule has 8 heteroatoms. The number of benzene rings is 2. The lowest BCUT2D eigenvalue weighted by Crippen LogP contribution is -2.72. The molecule has 28 heavy (non-hydrogen) atoms. The predicted molar refractivity (Wildman–Crippen MR) is 107 cm³/mol. The average molecular weight is 395 g/mol. The van der Waals surface area contributed by atoms with Crippen molar-refractivity contribution in [2.24, 2.45) is 0 Å². The van der Waals surface area contributed by atoms with E-state index in [0.29, 0.717) is 29.0 Å². The molecule has 0 atom stereocenters. The largest absolute Gasteiger partial charge is 0.328 e. The Morgan fingerprint density at radius 2 is 1.89 bits per heavy atom. The second kappa shape index (κ2) is 7.40. The molecule has 142 valence electrons. The smallest absolute Gasteiger partial charge is 0.322 e. The lowest BCUT2D eigenvalue weighted by Gasteiger charge is -2.09. The summed E-state index contributed by atoms with van der Waals surface area (Å²) >= 11 is 0. The standard InChI is InChI=1S/C20H18N4O3S/c25-20(17-9-1-5-14-6-3-12-22-19(14)17)23-15-7-2-8-16(13-15)28(26,27)24-18-10-4-11-21-18/h1-3,5-9,12-13H,4,10-11H2,(H,21,24)(H,23,25)/p+1. The Morgan fingerprint density at radius 3 is 2.71 bits per heavy atom. The summed E-state index contributed by atoms with van der Waals surface area (Å²) in [7, 11) is -3.71. The van der Waals surface area contributed by atoms with E-state index in [0.717, 1.165) is 18.4 Å². The minimum atomic E-state index is -3.71. The number of amides is 1. The fourth-order valence-corrected chi connectivity index (χ4v) is 4.28. The van der Waals surface area contributed by atoms with Crippen LogP contribution in [0.4, 0.5) is 5.69 Å². The van der Waals surface area contributed by atoms with Crippen LogP contribution in [0.3, 0.4) is 0 Å². The normalized spacial score (nSPS) is 13.9. The first-order valence-electron chi connectivity index (χ1n) is 8.91. The summed E-state index contributed by atoms with van der Waals surface area (Å²) in [5, 5.41) is 3.62. The van der Waals surface area contributed by atoms with Gasteiger partial charge in [-0.25, -0.2) is 0 Å². The highest BCUT2D eigenvalue weighted by Crippen LogP contribution is 2.20. The molecule has 4 rings (SSSR count). The number of pyridine rings is 1. The molecule has 1 aliphatic rings. The molecule has 1 aromatic heterocycles. The molecule has 2 heterocycles. The molecule has 1 aliphatic heterocycles. The molecular formula is C20H19N4O3S+. The van der Waals surface area contributed by atoms with Gasteiger partial charge in [0, 0.05) is 17.3 Å². The first kappa shape index (κ1) is 18.1. The molecule has 0 saturated heterocycles. The second-order valence-corrected chi connectivity index (χ2v) is 8.16. The number of nitrogens with one attached hydrogen (secondary N) is 3. The number of sulfonamides is 1. The van der Waals surface area contributed by atoms with E-state index in [9.17, 15) is 13.2 Å². The summed E-state index contributed by atoms with van der Waals surface area (Å²) in [6.45, 7) is 0.757. The maximum absolute atomic E-state index is 12.7. The predicted octanol–water partition coefficient (Wildman–Crippen LogP) is 1.04. The first-order valence-corrected chi connectivity index (χ1v) is 10.4. The quantitative estimate of drug-likeness (QED) is 0.614. The van der Waals surface area contributed by atoms with Crippen molar-refractivity contribution >= 4 is 38.4 Å². The number of hydrogen-bond donors (Lipinski definition) is 3. The van der Waals surface area contributed by atoms with Crippen LogP contribution >= 0.6 is 0 Å². The Balaban J connectivity index is 1.58. The second-order valence-electron chi connectivity index (χ2n) is 6.48. The van der Waals surface area contributed by atoms with Gasteiger partial charge in [-0.05, 0) is 36.8 Å². The van der Waals surface area contributed by atoms with Crippen LogP contribution in [-0.2, 0) is 10.0 Å². The number of carbonyl (C=O) groups is 1. The lowest BCUT2D eigenvalue weighted by atomic mass is 10.1. The summed E-state index contributed by atoms with van der Waals surface area (Å²) in [5.74, 6) is 0.245. The molecular weight excluding hydrogens is 376 g/mol. The molecule has 7 nitrogen and oxygen atoms in total. The van der Waals surface area contributed by atoms with E-state index in [4.69, 9.17) is 0 Å². The number of nitrogens with zero attached hydrogens (tertiary/aromatic N) is 1. The van der Waals surface area contributed by atoms with Gasteiger partial charge in [-0.15, -0.1) is 0 Å². The van der Waals surface area contributed by atoms with Crippen LogP contribution < -0.4 is 15.0 Å². The average Bonchev–Trinajstić information content (AvgIpc) is 3.20. The van der Waals surface area contributed by atoms with Crippen LogP contribution in [0.5, 0.6) is 0 Å². The van der Waals surface area contributed by atoms with E-state index in [2.05, 4.69) is 20.0 Å². The third kappa shape index (κ3) is 3.72. The van der Waals surface area contributed by atoms with Crippen molar-refractivity contribution in [2.45, 2.75) is 17.7 Å². The Morgan fingerprint density at radius 1 is 1.07 bits per heavy atom. The van der Waals surface area contributed by atoms with Crippen molar-refractivity contribution in [3.8, 4) is 0 Å². The summed E-state index contributed by atoms with van der Waals surface area (Å²) in [6.07, 6.45) is 3.20. The number of hydrogen-bond acceptors (Lipinski definition) is 4. The third-order valence-corrected chi connectivity index (χ3v) is 5.87.